The van der Waals surface area contributed by atoms with Gasteiger partial charge in [-0.2, -0.15) is 0 Å². The maximum atomic E-state index is 12.9. The Morgan fingerprint density at radius 3 is 2.71 bits per heavy atom. The van der Waals surface area contributed by atoms with Crippen molar-refractivity contribution < 1.29 is 14.3 Å². The molecule has 0 aliphatic heterocycles. The number of nitrogens with zero attached hydrogens (tertiary/aromatic N) is 3. The standard InChI is InChI=1S/C25H34N4O3S2/c1-3-14-29-20(15-17-10-6-4-7-11-17)27-28-25(29)33-16-21(30)26-23-22(24(31)32-2)18-12-8-5-9-13-19(18)34-23/h3,17H,1,4-16H2,2H3,(H,26,30). The Labute approximate surface area is 209 Å². The minimum atomic E-state index is -0.375. The van der Waals surface area contributed by atoms with E-state index in [0.29, 0.717) is 23.0 Å². The summed E-state index contributed by atoms with van der Waals surface area (Å²) in [6, 6.07) is 0. The number of thiophene rings is 1. The highest BCUT2D eigenvalue weighted by Crippen LogP contribution is 2.38. The summed E-state index contributed by atoms with van der Waals surface area (Å²) in [5.41, 5.74) is 1.59. The van der Waals surface area contributed by atoms with Crippen molar-refractivity contribution in [2.24, 2.45) is 5.92 Å². The Morgan fingerprint density at radius 1 is 1.18 bits per heavy atom. The van der Waals surface area contributed by atoms with Gasteiger partial charge in [-0.25, -0.2) is 4.79 Å². The normalized spacial score (nSPS) is 16.5. The van der Waals surface area contributed by atoms with Crippen molar-refractivity contribution >= 4 is 40.0 Å². The van der Waals surface area contributed by atoms with E-state index in [1.807, 2.05) is 6.08 Å². The Balaban J connectivity index is 1.43. The van der Waals surface area contributed by atoms with E-state index in [1.165, 1.54) is 67.2 Å². The summed E-state index contributed by atoms with van der Waals surface area (Å²) in [7, 11) is 1.39. The van der Waals surface area contributed by atoms with E-state index in [2.05, 4.69) is 26.7 Å². The summed E-state index contributed by atoms with van der Waals surface area (Å²) < 4.78 is 7.12. The number of aryl methyl sites for hydroxylation is 1. The van der Waals surface area contributed by atoms with Crippen LogP contribution < -0.4 is 5.32 Å². The number of fused-ring (bicyclic) bond motifs is 1. The van der Waals surface area contributed by atoms with E-state index in [1.54, 1.807) is 0 Å². The molecule has 0 radical (unpaired) electrons. The Kier molecular flexibility index (Phi) is 8.83. The highest BCUT2D eigenvalue weighted by Gasteiger charge is 2.26. The van der Waals surface area contributed by atoms with Gasteiger partial charge in [0.1, 0.15) is 10.8 Å². The zero-order valence-electron chi connectivity index (χ0n) is 19.9. The van der Waals surface area contributed by atoms with Crippen molar-refractivity contribution in [3.05, 3.63) is 34.5 Å². The van der Waals surface area contributed by atoms with Crippen molar-refractivity contribution in [2.45, 2.75) is 82.3 Å². The Hall–Kier alpha value is -2.13. The highest BCUT2D eigenvalue weighted by atomic mass is 32.2. The zero-order chi connectivity index (χ0) is 23.9. The van der Waals surface area contributed by atoms with E-state index in [9.17, 15) is 9.59 Å². The fourth-order valence-electron chi connectivity index (χ4n) is 4.98. The molecule has 1 amide bonds. The lowest BCUT2D eigenvalue weighted by Crippen LogP contribution is -2.17. The molecule has 184 valence electrons. The lowest BCUT2D eigenvalue weighted by atomic mass is 9.87. The molecule has 0 aromatic carbocycles. The smallest absolute Gasteiger partial charge is 0.341 e. The summed E-state index contributed by atoms with van der Waals surface area (Å²) in [6.45, 7) is 4.51. The topological polar surface area (TPSA) is 86.1 Å². The van der Waals surface area contributed by atoms with Gasteiger partial charge in [0.05, 0.1) is 18.4 Å². The number of nitrogens with one attached hydrogen (secondary N) is 1. The third-order valence-corrected chi connectivity index (χ3v) is 8.87. The molecule has 4 rings (SSSR count). The van der Waals surface area contributed by atoms with Crippen LogP contribution in [-0.2, 0) is 35.3 Å². The van der Waals surface area contributed by atoms with Gasteiger partial charge in [-0.05, 0) is 37.2 Å². The number of hydrogen-bond acceptors (Lipinski definition) is 7. The fraction of sp³-hybridized carbons (Fsp3) is 0.600. The molecule has 1 N–H and O–H groups in total. The molecule has 9 heteroatoms. The number of carbonyl (C=O) groups excluding carboxylic acids is 2. The monoisotopic (exact) mass is 502 g/mol. The molecule has 2 heterocycles. The molecule has 2 aliphatic rings. The quantitative estimate of drug-likeness (QED) is 0.213. The fourth-order valence-corrected chi connectivity index (χ4v) is 7.04. The summed E-state index contributed by atoms with van der Waals surface area (Å²) in [6.07, 6.45) is 14.3. The van der Waals surface area contributed by atoms with Crippen LogP contribution in [0.1, 0.15) is 78.0 Å². The average Bonchev–Trinajstić information content (AvgIpc) is 3.29. The van der Waals surface area contributed by atoms with Crippen molar-refractivity contribution in [3.63, 3.8) is 0 Å². The van der Waals surface area contributed by atoms with Crippen LogP contribution in [0.25, 0.3) is 0 Å². The van der Waals surface area contributed by atoms with Gasteiger partial charge in [-0.1, -0.05) is 56.4 Å². The number of ether oxygens (including phenoxy) is 1. The molecule has 2 aliphatic carbocycles. The van der Waals surface area contributed by atoms with Crippen LogP contribution in [0.4, 0.5) is 5.00 Å². The molecule has 7 nitrogen and oxygen atoms in total. The Bertz CT molecular complexity index is 1020. The maximum absolute atomic E-state index is 12.9. The van der Waals surface area contributed by atoms with Gasteiger partial charge in [0.25, 0.3) is 0 Å². The zero-order valence-corrected chi connectivity index (χ0v) is 21.6. The number of hydrogen-bond donors (Lipinski definition) is 1. The van der Waals surface area contributed by atoms with E-state index in [0.717, 1.165) is 55.1 Å². The maximum Gasteiger partial charge on any atom is 0.341 e. The van der Waals surface area contributed by atoms with Gasteiger partial charge in [0.2, 0.25) is 5.91 Å². The van der Waals surface area contributed by atoms with Crippen molar-refractivity contribution in [3.8, 4) is 0 Å². The van der Waals surface area contributed by atoms with Crippen LogP contribution in [0.2, 0.25) is 0 Å². The van der Waals surface area contributed by atoms with Gasteiger partial charge in [0, 0.05) is 17.8 Å². The predicted octanol–water partition coefficient (Wildman–Crippen LogP) is 5.43. The first kappa shape index (κ1) is 25.0. The summed E-state index contributed by atoms with van der Waals surface area (Å²) in [5.74, 6) is 1.30. The number of aromatic nitrogens is 3. The number of amides is 1. The number of anilines is 1. The minimum absolute atomic E-state index is 0.159. The van der Waals surface area contributed by atoms with Gasteiger partial charge >= 0.3 is 5.97 Å². The number of methoxy groups -OCH3 is 1. The van der Waals surface area contributed by atoms with Crippen molar-refractivity contribution in [1.29, 1.82) is 0 Å². The average molecular weight is 503 g/mol. The second-order valence-corrected chi connectivity index (χ2v) is 11.2. The minimum Gasteiger partial charge on any atom is -0.465 e. The van der Waals surface area contributed by atoms with Crippen molar-refractivity contribution in [2.75, 3.05) is 18.2 Å². The van der Waals surface area contributed by atoms with Crippen LogP contribution in [0, 0.1) is 5.92 Å². The van der Waals surface area contributed by atoms with Crippen LogP contribution in [-0.4, -0.2) is 39.5 Å². The molecule has 0 unspecified atom stereocenters. The summed E-state index contributed by atoms with van der Waals surface area (Å²) in [4.78, 5) is 26.6. The Morgan fingerprint density at radius 2 is 1.94 bits per heavy atom. The van der Waals surface area contributed by atoms with Gasteiger partial charge in [0.15, 0.2) is 5.16 Å². The second kappa shape index (κ2) is 12.0. The van der Waals surface area contributed by atoms with Crippen LogP contribution in [0.5, 0.6) is 0 Å². The molecule has 0 atom stereocenters. The number of carbonyl (C=O) groups is 2. The first-order chi connectivity index (χ1) is 16.6. The number of rotatable bonds is 9. The third-order valence-electron chi connectivity index (χ3n) is 6.70. The largest absolute Gasteiger partial charge is 0.465 e. The molecule has 2 aromatic rings. The molecule has 34 heavy (non-hydrogen) atoms. The first-order valence-electron chi connectivity index (χ1n) is 12.3. The molecule has 0 spiro atoms. The highest BCUT2D eigenvalue weighted by molar-refractivity contribution is 7.99. The molecular formula is C25H34N4O3S2. The molecule has 2 aromatic heterocycles. The van der Waals surface area contributed by atoms with E-state index in [4.69, 9.17) is 4.74 Å². The van der Waals surface area contributed by atoms with Crippen LogP contribution in [0.3, 0.4) is 0 Å². The molecule has 1 fully saturated rings. The third kappa shape index (κ3) is 5.92. The lowest BCUT2D eigenvalue weighted by molar-refractivity contribution is -0.113. The van der Waals surface area contributed by atoms with Gasteiger partial charge in [-0.15, -0.1) is 28.1 Å². The molecular weight excluding hydrogens is 468 g/mol. The molecule has 0 saturated heterocycles. The van der Waals surface area contributed by atoms with Gasteiger partial charge in [-0.3, -0.25) is 4.79 Å². The number of allylic oxidation sites excluding steroid dienone is 1. The lowest BCUT2D eigenvalue weighted by Gasteiger charge is -2.21. The first-order valence-corrected chi connectivity index (χ1v) is 14.1. The van der Waals surface area contributed by atoms with Gasteiger partial charge < -0.3 is 14.6 Å². The number of thioether (sulfide) groups is 1. The van der Waals surface area contributed by atoms with E-state index >= 15 is 0 Å². The molecule has 1 saturated carbocycles. The van der Waals surface area contributed by atoms with E-state index < -0.39 is 0 Å². The summed E-state index contributed by atoms with van der Waals surface area (Å²) >= 11 is 2.89. The number of esters is 1. The molecule has 0 bridgehead atoms. The van der Waals surface area contributed by atoms with E-state index in [-0.39, 0.29) is 17.6 Å². The summed E-state index contributed by atoms with van der Waals surface area (Å²) in [5, 5.41) is 13.1. The van der Waals surface area contributed by atoms with Crippen LogP contribution >= 0.6 is 23.1 Å². The SMILES string of the molecule is C=CCn1c(CC2CCCCC2)nnc1SCC(=O)Nc1sc2c(c1C(=O)OC)CCCCC2. The second-order valence-electron chi connectivity index (χ2n) is 9.10. The van der Waals surface area contributed by atoms with Crippen molar-refractivity contribution in [1.82, 2.24) is 14.8 Å². The van der Waals surface area contributed by atoms with Crippen LogP contribution in [0.15, 0.2) is 17.8 Å². The predicted molar refractivity (Wildman–Crippen MR) is 137 cm³/mol.